The van der Waals surface area contributed by atoms with Crippen LogP contribution in [0.2, 0.25) is 0 Å². The van der Waals surface area contributed by atoms with Gasteiger partial charge in [-0.1, -0.05) is 115 Å². The lowest BCUT2D eigenvalue weighted by Gasteiger charge is -2.28. The van der Waals surface area contributed by atoms with Crippen LogP contribution >= 0.6 is 0 Å². The molecule has 214 valence electrons. The van der Waals surface area contributed by atoms with Crippen molar-refractivity contribution >= 4 is 11.4 Å². The number of aryl methyl sites for hydroxylation is 1. The molecule has 1 aliphatic rings. The van der Waals surface area contributed by atoms with E-state index >= 15 is 0 Å². The molecule has 0 fully saturated rings. The first-order valence-electron chi connectivity index (χ1n) is 15.4. The molecule has 3 nitrogen and oxygen atoms in total. The molecule has 2 N–H and O–H groups in total. The van der Waals surface area contributed by atoms with Crippen molar-refractivity contribution in [3.8, 4) is 11.3 Å². The Morgan fingerprint density at radius 1 is 0.805 bits per heavy atom. The smallest absolute Gasteiger partial charge is 0.0940 e. The number of hydrogen-bond acceptors (Lipinski definition) is 3. The Kier molecular flexibility index (Phi) is 8.27. The van der Waals surface area contributed by atoms with Crippen molar-refractivity contribution in [3.63, 3.8) is 0 Å². The van der Waals surface area contributed by atoms with Gasteiger partial charge in [0.1, 0.15) is 0 Å². The Bertz CT molecular complexity index is 1460. The predicted molar refractivity (Wildman–Crippen MR) is 176 cm³/mol. The molecule has 4 aromatic rings. The fourth-order valence-corrected chi connectivity index (χ4v) is 6.01. The van der Waals surface area contributed by atoms with E-state index in [-0.39, 0.29) is 11.5 Å². The number of pyridine rings is 1. The van der Waals surface area contributed by atoms with Gasteiger partial charge >= 0.3 is 0 Å². The van der Waals surface area contributed by atoms with Crippen LogP contribution in [-0.2, 0) is 11.8 Å². The van der Waals surface area contributed by atoms with E-state index in [4.69, 9.17) is 4.98 Å². The average Bonchev–Trinajstić information content (AvgIpc) is 2.95. The summed E-state index contributed by atoms with van der Waals surface area (Å²) < 4.78 is 0. The van der Waals surface area contributed by atoms with Crippen molar-refractivity contribution in [1.82, 2.24) is 4.98 Å². The summed E-state index contributed by atoms with van der Waals surface area (Å²) in [7, 11) is 0. The molecule has 5 rings (SSSR count). The van der Waals surface area contributed by atoms with E-state index in [0.717, 1.165) is 24.2 Å². The third-order valence-electron chi connectivity index (χ3n) is 8.50. The van der Waals surface area contributed by atoms with Crippen molar-refractivity contribution in [1.29, 1.82) is 0 Å². The molecule has 0 saturated heterocycles. The van der Waals surface area contributed by atoms with Crippen LogP contribution in [0.25, 0.3) is 11.3 Å². The lowest BCUT2D eigenvalue weighted by molar-refractivity contribution is 0.590. The molecular formula is C38H47N3. The van der Waals surface area contributed by atoms with Crippen LogP contribution < -0.4 is 10.6 Å². The van der Waals surface area contributed by atoms with Crippen molar-refractivity contribution in [2.24, 2.45) is 0 Å². The van der Waals surface area contributed by atoms with Crippen LogP contribution in [0.15, 0.2) is 78.9 Å². The lowest BCUT2D eigenvalue weighted by atomic mass is 9.86. The van der Waals surface area contributed by atoms with Gasteiger partial charge in [-0.3, -0.25) is 4.98 Å². The van der Waals surface area contributed by atoms with E-state index in [1.54, 1.807) is 0 Å². The highest BCUT2D eigenvalue weighted by atomic mass is 15.0. The summed E-state index contributed by atoms with van der Waals surface area (Å²) in [5, 5.41) is 7.79. The predicted octanol–water partition coefficient (Wildman–Crippen LogP) is 10.2. The Balaban J connectivity index is 1.64. The number of hydrogen-bond donors (Lipinski definition) is 2. The maximum absolute atomic E-state index is 5.37. The zero-order valence-electron chi connectivity index (χ0n) is 26.2. The molecule has 2 atom stereocenters. The van der Waals surface area contributed by atoms with Crippen molar-refractivity contribution in [3.05, 3.63) is 112 Å². The second-order valence-corrected chi connectivity index (χ2v) is 13.4. The number of fused-ring (bicyclic) bond motifs is 1. The quantitative estimate of drug-likeness (QED) is 0.242. The van der Waals surface area contributed by atoms with Gasteiger partial charge in [-0.15, -0.1) is 0 Å². The van der Waals surface area contributed by atoms with Gasteiger partial charge in [-0.2, -0.15) is 0 Å². The summed E-state index contributed by atoms with van der Waals surface area (Å²) in [5.41, 5.74) is 12.4. The summed E-state index contributed by atoms with van der Waals surface area (Å²) in [4.78, 5) is 5.37. The van der Waals surface area contributed by atoms with Crippen LogP contribution in [0.4, 0.5) is 11.4 Å². The molecular weight excluding hydrogens is 498 g/mol. The summed E-state index contributed by atoms with van der Waals surface area (Å²) in [6.07, 6.45) is 2.26. The number of aromatic nitrogens is 1. The highest BCUT2D eigenvalue weighted by Crippen LogP contribution is 2.39. The molecule has 3 aromatic carbocycles. The van der Waals surface area contributed by atoms with Crippen LogP contribution in [0, 0.1) is 0 Å². The van der Waals surface area contributed by atoms with E-state index in [0.29, 0.717) is 17.9 Å². The van der Waals surface area contributed by atoms with E-state index in [1.165, 1.54) is 44.8 Å². The van der Waals surface area contributed by atoms with Gasteiger partial charge < -0.3 is 10.6 Å². The molecule has 0 spiro atoms. The minimum atomic E-state index is -0.0900. The number of benzene rings is 3. The Morgan fingerprint density at radius 2 is 1.44 bits per heavy atom. The molecule has 0 saturated carbocycles. The Labute approximate surface area is 247 Å². The fraction of sp³-hybridized carbons (Fsp3) is 0.395. The monoisotopic (exact) mass is 545 g/mol. The number of anilines is 2. The van der Waals surface area contributed by atoms with Crippen molar-refractivity contribution in [2.75, 3.05) is 10.6 Å². The first-order chi connectivity index (χ1) is 19.5. The van der Waals surface area contributed by atoms with Gasteiger partial charge in [-0.25, -0.2) is 0 Å². The van der Waals surface area contributed by atoms with E-state index in [9.17, 15) is 0 Å². The maximum Gasteiger partial charge on any atom is 0.0940 e. The Morgan fingerprint density at radius 3 is 2.07 bits per heavy atom. The summed E-state index contributed by atoms with van der Waals surface area (Å²) in [6.45, 7) is 18.2. The highest BCUT2D eigenvalue weighted by molar-refractivity contribution is 5.79. The largest absolute Gasteiger partial charge is 0.382 e. The van der Waals surface area contributed by atoms with Gasteiger partial charge in [0.25, 0.3) is 0 Å². The Hall–Kier alpha value is -3.59. The third kappa shape index (κ3) is 6.20. The van der Waals surface area contributed by atoms with Gasteiger partial charge in [0, 0.05) is 23.0 Å². The van der Waals surface area contributed by atoms with Crippen LogP contribution in [0.3, 0.4) is 0 Å². The lowest BCUT2D eigenvalue weighted by Crippen LogP contribution is -2.22. The molecule has 0 amide bonds. The van der Waals surface area contributed by atoms with E-state index in [2.05, 4.69) is 145 Å². The third-order valence-corrected chi connectivity index (χ3v) is 8.50. The minimum absolute atomic E-state index is 0.0900. The normalized spacial score (nSPS) is 15.9. The topological polar surface area (TPSA) is 37.0 Å². The zero-order valence-corrected chi connectivity index (χ0v) is 26.2. The van der Waals surface area contributed by atoms with Gasteiger partial charge in [0.05, 0.1) is 17.4 Å². The second kappa shape index (κ2) is 11.7. The summed E-state index contributed by atoms with van der Waals surface area (Å²) in [5.74, 6) is 0.812. The van der Waals surface area contributed by atoms with E-state index in [1.807, 2.05) is 0 Å². The first kappa shape index (κ1) is 28.9. The molecule has 41 heavy (non-hydrogen) atoms. The molecule has 0 aliphatic carbocycles. The SMILES string of the molecule is CC1CCc2cccc(-c3cccc([C@@H](Nc4c(C(C)C)cccc4C(C)C)c4ccc(C(C)(C)C)cc4)n3)c2N1. The first-order valence-corrected chi connectivity index (χ1v) is 15.4. The molecule has 1 unspecified atom stereocenters. The van der Waals surface area contributed by atoms with Crippen LogP contribution in [0.1, 0.15) is 113 Å². The number of rotatable bonds is 7. The van der Waals surface area contributed by atoms with Crippen LogP contribution in [-0.4, -0.2) is 11.0 Å². The molecule has 0 bridgehead atoms. The van der Waals surface area contributed by atoms with Crippen molar-refractivity contribution < 1.29 is 0 Å². The zero-order chi connectivity index (χ0) is 29.3. The highest BCUT2D eigenvalue weighted by Gasteiger charge is 2.24. The maximum atomic E-state index is 5.37. The fourth-order valence-electron chi connectivity index (χ4n) is 6.01. The molecule has 1 aromatic heterocycles. The summed E-state index contributed by atoms with van der Waals surface area (Å²) in [6, 6.07) is 29.4. The van der Waals surface area contributed by atoms with Gasteiger partial charge in [0.15, 0.2) is 0 Å². The summed E-state index contributed by atoms with van der Waals surface area (Å²) >= 11 is 0. The van der Waals surface area contributed by atoms with E-state index < -0.39 is 0 Å². The van der Waals surface area contributed by atoms with Gasteiger partial charge in [0.2, 0.25) is 0 Å². The minimum Gasteiger partial charge on any atom is -0.382 e. The standard InChI is InChI=1S/C38H47N3/c1-24(2)30-13-10-14-31(25(3)4)37(30)41-36(28-20-22-29(23-21-28)38(6,7)8)34-17-11-16-33(40-34)32-15-9-12-27-19-18-26(5)39-35(27)32/h9-17,20-26,36,39,41H,18-19H2,1-8H3/t26?,36-/m0/s1. The average molecular weight is 546 g/mol. The molecule has 0 radical (unpaired) electrons. The van der Waals surface area contributed by atoms with Crippen molar-refractivity contribution in [2.45, 2.75) is 97.6 Å². The van der Waals surface area contributed by atoms with Crippen LogP contribution in [0.5, 0.6) is 0 Å². The molecule has 2 heterocycles. The van der Waals surface area contributed by atoms with Gasteiger partial charge in [-0.05, 0) is 77.0 Å². The molecule has 1 aliphatic heterocycles. The number of para-hydroxylation sites is 2. The number of nitrogens with one attached hydrogen (secondary N) is 2. The molecule has 3 heteroatoms. The second-order valence-electron chi connectivity index (χ2n) is 13.4. The number of nitrogens with zero attached hydrogens (tertiary/aromatic N) is 1.